The van der Waals surface area contributed by atoms with Gasteiger partial charge in [0.15, 0.2) is 6.29 Å². The van der Waals surface area contributed by atoms with Gasteiger partial charge < -0.3 is 19.3 Å². The van der Waals surface area contributed by atoms with E-state index in [1.54, 1.807) is 6.92 Å². The van der Waals surface area contributed by atoms with Gasteiger partial charge in [0.25, 0.3) is 0 Å². The number of esters is 1. The Hall–Kier alpha value is -1.99. The predicted molar refractivity (Wildman–Crippen MR) is 63.9 cm³/mol. The second kappa shape index (κ2) is 6.81. The van der Waals surface area contributed by atoms with E-state index in [0.717, 1.165) is 0 Å². The highest BCUT2D eigenvalue weighted by molar-refractivity contribution is 5.91. The topological polar surface area (TPSA) is 95.0 Å². The minimum atomic E-state index is -1.25. The van der Waals surface area contributed by atoms with Crippen molar-refractivity contribution in [1.29, 1.82) is 0 Å². The molecule has 0 aliphatic carbocycles. The molecule has 0 unspecified atom stereocenters. The van der Waals surface area contributed by atoms with Crippen LogP contribution in [0.4, 0.5) is 0 Å². The summed E-state index contributed by atoms with van der Waals surface area (Å²) in [5.41, 5.74) is -0.00374. The molecule has 0 saturated carbocycles. The van der Waals surface area contributed by atoms with Crippen molar-refractivity contribution < 1.29 is 28.9 Å². The molecule has 1 aromatic heterocycles. The van der Waals surface area contributed by atoms with Crippen LogP contribution in [0.15, 0.2) is 12.1 Å². The number of carbonyl (C=O) groups is 2. The normalized spacial score (nSPS) is 10.5. The lowest BCUT2D eigenvalue weighted by Crippen LogP contribution is -2.14. The minimum Gasteiger partial charge on any atom is -0.477 e. The number of rotatable bonds is 6. The fraction of sp³-hybridized carbons (Fsp3) is 0.417. The van der Waals surface area contributed by atoms with E-state index in [0.29, 0.717) is 5.56 Å². The van der Waals surface area contributed by atoms with Gasteiger partial charge in [-0.3, -0.25) is 0 Å². The van der Waals surface area contributed by atoms with Crippen molar-refractivity contribution in [3.63, 3.8) is 0 Å². The number of hydrogen-bond donors (Lipinski definition) is 1. The van der Waals surface area contributed by atoms with Gasteiger partial charge >= 0.3 is 11.9 Å². The molecule has 1 rings (SSSR count). The number of nitrogens with zero attached hydrogens (tertiary/aromatic N) is 1. The van der Waals surface area contributed by atoms with E-state index < -0.39 is 18.2 Å². The van der Waals surface area contributed by atoms with Crippen LogP contribution in [0.25, 0.3) is 0 Å². The number of hydrogen-bond acceptors (Lipinski definition) is 6. The van der Waals surface area contributed by atoms with Crippen LogP contribution in [0, 0.1) is 0 Å². The van der Waals surface area contributed by atoms with Crippen molar-refractivity contribution in [2.45, 2.75) is 13.2 Å². The van der Waals surface area contributed by atoms with Gasteiger partial charge in [0, 0.05) is 19.8 Å². The third-order valence-corrected chi connectivity index (χ3v) is 2.25. The minimum absolute atomic E-state index is 0.101. The van der Waals surface area contributed by atoms with Crippen molar-refractivity contribution in [3.8, 4) is 0 Å². The maximum absolute atomic E-state index is 11.6. The van der Waals surface area contributed by atoms with E-state index in [4.69, 9.17) is 19.3 Å². The standard InChI is InChI=1S/C12H15NO6/c1-4-19-11(16)9-6-7(12(17-2)18-3)5-8(13-9)10(14)15/h5-6,12H,4H2,1-3H3,(H,14,15). The number of aromatic carboxylic acids is 1. The van der Waals surface area contributed by atoms with Gasteiger partial charge in [0.1, 0.15) is 11.4 Å². The van der Waals surface area contributed by atoms with E-state index in [1.807, 2.05) is 0 Å². The maximum atomic E-state index is 11.6. The van der Waals surface area contributed by atoms with E-state index in [9.17, 15) is 9.59 Å². The first-order valence-corrected chi connectivity index (χ1v) is 5.51. The summed E-state index contributed by atoms with van der Waals surface area (Å²) >= 11 is 0. The lowest BCUT2D eigenvalue weighted by Gasteiger charge is -2.14. The monoisotopic (exact) mass is 269 g/mol. The predicted octanol–water partition coefficient (Wildman–Crippen LogP) is 1.25. The van der Waals surface area contributed by atoms with E-state index in [1.165, 1.54) is 26.4 Å². The van der Waals surface area contributed by atoms with Crippen molar-refractivity contribution >= 4 is 11.9 Å². The number of carboxylic acids is 1. The third-order valence-electron chi connectivity index (χ3n) is 2.25. The molecule has 0 radical (unpaired) electrons. The summed E-state index contributed by atoms with van der Waals surface area (Å²) in [5.74, 6) is -1.95. The molecule has 1 heterocycles. The quantitative estimate of drug-likeness (QED) is 0.613. The summed E-state index contributed by atoms with van der Waals surface area (Å²) in [6, 6.07) is 2.66. The molecule has 7 nitrogen and oxygen atoms in total. The van der Waals surface area contributed by atoms with Gasteiger partial charge in [-0.1, -0.05) is 0 Å². The first-order valence-electron chi connectivity index (χ1n) is 5.51. The number of pyridine rings is 1. The molecule has 7 heteroatoms. The number of ether oxygens (including phenoxy) is 3. The van der Waals surface area contributed by atoms with Gasteiger partial charge in [0.05, 0.1) is 6.61 Å². The zero-order chi connectivity index (χ0) is 14.4. The Balaban J connectivity index is 3.24. The number of carbonyl (C=O) groups excluding carboxylic acids is 1. The summed E-state index contributed by atoms with van der Waals surface area (Å²) in [5, 5.41) is 8.98. The van der Waals surface area contributed by atoms with E-state index in [2.05, 4.69) is 4.98 Å². The molecule has 0 aromatic carbocycles. The molecule has 0 atom stereocenters. The SMILES string of the molecule is CCOC(=O)c1cc(C(OC)OC)cc(C(=O)O)n1. The molecule has 0 spiro atoms. The fourth-order valence-electron chi connectivity index (χ4n) is 1.48. The average Bonchev–Trinajstić information content (AvgIpc) is 2.40. The maximum Gasteiger partial charge on any atom is 0.356 e. The second-order valence-electron chi connectivity index (χ2n) is 3.50. The molecule has 0 saturated heterocycles. The van der Waals surface area contributed by atoms with Crippen LogP contribution in [0.1, 0.15) is 39.8 Å². The third kappa shape index (κ3) is 3.73. The van der Waals surface area contributed by atoms with Crippen LogP contribution < -0.4 is 0 Å². The molecule has 1 aromatic rings. The van der Waals surface area contributed by atoms with Gasteiger partial charge in [-0.15, -0.1) is 0 Å². The molecule has 0 aliphatic rings. The highest BCUT2D eigenvalue weighted by Gasteiger charge is 2.19. The Morgan fingerprint density at radius 1 is 1.26 bits per heavy atom. The highest BCUT2D eigenvalue weighted by Crippen LogP contribution is 2.19. The molecule has 104 valence electrons. The van der Waals surface area contributed by atoms with Crippen LogP contribution in [0.2, 0.25) is 0 Å². The molecule has 0 aliphatic heterocycles. The molecular formula is C12H15NO6. The van der Waals surface area contributed by atoms with Crippen molar-refractivity contribution in [2.75, 3.05) is 20.8 Å². The Kier molecular flexibility index (Phi) is 5.40. The average molecular weight is 269 g/mol. The molecule has 0 bridgehead atoms. The first-order chi connectivity index (χ1) is 9.03. The van der Waals surface area contributed by atoms with Crippen LogP contribution in [0.5, 0.6) is 0 Å². The molecule has 0 fully saturated rings. The van der Waals surface area contributed by atoms with Crippen LogP contribution in [0.3, 0.4) is 0 Å². The van der Waals surface area contributed by atoms with Gasteiger partial charge in [-0.25, -0.2) is 14.6 Å². The fourth-order valence-corrected chi connectivity index (χ4v) is 1.48. The highest BCUT2D eigenvalue weighted by atomic mass is 16.7. The van der Waals surface area contributed by atoms with Gasteiger partial charge in [-0.2, -0.15) is 0 Å². The lowest BCUT2D eigenvalue weighted by atomic mass is 10.1. The molecule has 1 N–H and O–H groups in total. The Labute approximate surface area is 110 Å². The number of aromatic nitrogens is 1. The lowest BCUT2D eigenvalue weighted by molar-refractivity contribution is -0.106. The molecular weight excluding hydrogens is 254 g/mol. The van der Waals surface area contributed by atoms with Crippen molar-refractivity contribution in [1.82, 2.24) is 4.98 Å². The molecule has 0 amide bonds. The van der Waals surface area contributed by atoms with Gasteiger partial charge in [-0.05, 0) is 19.1 Å². The Bertz CT molecular complexity index is 469. The zero-order valence-electron chi connectivity index (χ0n) is 10.9. The van der Waals surface area contributed by atoms with E-state index >= 15 is 0 Å². The first kappa shape index (κ1) is 15.1. The summed E-state index contributed by atoms with van der Waals surface area (Å²) in [6.45, 7) is 1.82. The van der Waals surface area contributed by atoms with Crippen LogP contribution in [-0.4, -0.2) is 42.9 Å². The molecule has 19 heavy (non-hydrogen) atoms. The smallest absolute Gasteiger partial charge is 0.356 e. The van der Waals surface area contributed by atoms with Crippen LogP contribution >= 0.6 is 0 Å². The number of carboxylic acid groups (broad SMARTS) is 1. The Morgan fingerprint density at radius 3 is 2.32 bits per heavy atom. The van der Waals surface area contributed by atoms with E-state index in [-0.39, 0.29) is 18.0 Å². The summed E-state index contributed by atoms with van der Waals surface area (Å²) in [4.78, 5) is 26.3. The van der Waals surface area contributed by atoms with Crippen molar-refractivity contribution in [2.24, 2.45) is 0 Å². The van der Waals surface area contributed by atoms with Gasteiger partial charge in [0.2, 0.25) is 0 Å². The largest absolute Gasteiger partial charge is 0.477 e. The van der Waals surface area contributed by atoms with Crippen molar-refractivity contribution in [3.05, 3.63) is 29.1 Å². The zero-order valence-corrected chi connectivity index (χ0v) is 10.9. The summed E-state index contributed by atoms with van der Waals surface area (Å²) in [7, 11) is 2.80. The summed E-state index contributed by atoms with van der Waals surface area (Å²) < 4.78 is 14.8. The van der Waals surface area contributed by atoms with Crippen LogP contribution in [-0.2, 0) is 14.2 Å². The summed E-state index contributed by atoms with van der Waals surface area (Å²) in [6.07, 6.45) is -0.783. The Morgan fingerprint density at radius 2 is 1.84 bits per heavy atom. The second-order valence-corrected chi connectivity index (χ2v) is 3.50. The number of methoxy groups -OCH3 is 2.